The predicted octanol–water partition coefficient (Wildman–Crippen LogP) is -0.706. The molecular weight excluding hydrogens is 308 g/mol. The molecule has 0 bridgehead atoms. The molecule has 1 unspecified atom stereocenters. The van der Waals surface area contributed by atoms with E-state index in [1.807, 2.05) is 5.43 Å². The Bertz CT molecular complexity index is 721. The number of hydrogen-bond acceptors (Lipinski definition) is 5. The molecule has 0 radical (unpaired) electrons. The third-order valence-corrected chi connectivity index (χ3v) is 4.89. The van der Waals surface area contributed by atoms with Crippen LogP contribution in [-0.2, 0) is 19.6 Å². The molecule has 9 heteroatoms. The average molecular weight is 326 g/mol. The predicted molar refractivity (Wildman–Crippen MR) is 80.1 cm³/mol. The number of carbonyl (C=O) groups excluding carboxylic acids is 2. The number of nitrogens with one attached hydrogen (secondary N) is 1. The number of sulfonamides is 1. The van der Waals surface area contributed by atoms with Crippen LogP contribution in [0.4, 0.5) is 5.69 Å². The summed E-state index contributed by atoms with van der Waals surface area (Å²) in [6.07, 6.45) is 0.0675. The van der Waals surface area contributed by atoms with Gasteiger partial charge in [-0.2, -0.15) is 0 Å². The summed E-state index contributed by atoms with van der Waals surface area (Å²) in [5.74, 6) is 3.96. The van der Waals surface area contributed by atoms with E-state index in [-0.39, 0.29) is 23.8 Å². The van der Waals surface area contributed by atoms with Gasteiger partial charge >= 0.3 is 0 Å². The van der Waals surface area contributed by atoms with Crippen molar-refractivity contribution in [1.82, 2.24) is 5.43 Å². The molecule has 0 aromatic heterocycles. The van der Waals surface area contributed by atoms with Crippen LogP contribution < -0.4 is 21.3 Å². The topological polar surface area (TPSA) is 136 Å². The third kappa shape index (κ3) is 2.96. The van der Waals surface area contributed by atoms with E-state index >= 15 is 0 Å². The fourth-order valence-electron chi connectivity index (χ4n) is 2.78. The van der Waals surface area contributed by atoms with Crippen molar-refractivity contribution in [3.63, 3.8) is 0 Å². The van der Waals surface area contributed by atoms with E-state index in [4.69, 9.17) is 11.0 Å². The number of nitrogens with zero attached hydrogens (tertiary/aromatic N) is 1. The van der Waals surface area contributed by atoms with Gasteiger partial charge < -0.3 is 4.90 Å². The number of rotatable bonds is 3. The number of aryl methyl sites for hydroxylation is 2. The van der Waals surface area contributed by atoms with Gasteiger partial charge in [-0.15, -0.1) is 0 Å². The zero-order chi connectivity index (χ0) is 16.7. The standard InChI is InChI=1S/C13H18N4O4S/c1-7-3-10(4-8(2)12(7)22(15,20)21)17-6-9(5-11(17)18)13(19)16-14/h3-4,9H,5-6,14H2,1-2H3,(H,16,19)(H2,15,20,21). The maximum absolute atomic E-state index is 12.1. The van der Waals surface area contributed by atoms with Crippen LogP contribution in [0.5, 0.6) is 0 Å². The first-order chi connectivity index (χ1) is 10.1. The molecular formula is C13H18N4O4S. The van der Waals surface area contributed by atoms with Crippen molar-refractivity contribution >= 4 is 27.5 Å². The molecule has 1 aromatic rings. The molecule has 120 valence electrons. The van der Waals surface area contributed by atoms with Crippen LogP contribution in [-0.4, -0.2) is 26.8 Å². The van der Waals surface area contributed by atoms with Crippen LogP contribution >= 0.6 is 0 Å². The summed E-state index contributed by atoms with van der Waals surface area (Å²) < 4.78 is 23.2. The van der Waals surface area contributed by atoms with Crippen molar-refractivity contribution in [2.24, 2.45) is 16.9 Å². The third-order valence-electron chi connectivity index (χ3n) is 3.68. The van der Waals surface area contributed by atoms with Gasteiger partial charge in [0.1, 0.15) is 0 Å². The Morgan fingerprint density at radius 1 is 1.32 bits per heavy atom. The summed E-state index contributed by atoms with van der Waals surface area (Å²) >= 11 is 0. The van der Waals surface area contributed by atoms with E-state index in [9.17, 15) is 18.0 Å². The van der Waals surface area contributed by atoms with Crippen LogP contribution in [0.3, 0.4) is 0 Å². The van der Waals surface area contributed by atoms with Gasteiger partial charge in [-0.1, -0.05) is 0 Å². The fourth-order valence-corrected chi connectivity index (χ4v) is 3.80. The summed E-state index contributed by atoms with van der Waals surface area (Å²) in [5, 5.41) is 5.19. The van der Waals surface area contributed by atoms with Crippen molar-refractivity contribution in [2.75, 3.05) is 11.4 Å². The number of benzene rings is 1. The molecule has 2 amide bonds. The minimum Gasteiger partial charge on any atom is -0.312 e. The summed E-state index contributed by atoms with van der Waals surface area (Å²) in [4.78, 5) is 25.1. The molecule has 0 aliphatic carbocycles. The number of amides is 2. The molecule has 22 heavy (non-hydrogen) atoms. The van der Waals surface area contributed by atoms with Gasteiger partial charge in [-0.25, -0.2) is 19.4 Å². The zero-order valence-corrected chi connectivity index (χ0v) is 13.1. The van der Waals surface area contributed by atoms with Gasteiger partial charge in [0.15, 0.2) is 0 Å². The lowest BCUT2D eigenvalue weighted by Gasteiger charge is -2.19. The molecule has 1 fully saturated rings. The molecule has 1 heterocycles. The van der Waals surface area contributed by atoms with E-state index in [1.165, 1.54) is 4.90 Å². The molecule has 0 spiro atoms. The number of hydrogen-bond donors (Lipinski definition) is 3. The van der Waals surface area contributed by atoms with Gasteiger partial charge in [0.2, 0.25) is 21.8 Å². The fraction of sp³-hybridized carbons (Fsp3) is 0.385. The first-order valence-electron chi connectivity index (χ1n) is 6.60. The summed E-state index contributed by atoms with van der Waals surface area (Å²) in [7, 11) is -3.83. The highest BCUT2D eigenvalue weighted by Crippen LogP contribution is 2.30. The molecule has 1 aliphatic rings. The summed E-state index contributed by atoms with van der Waals surface area (Å²) in [5.41, 5.74) is 3.49. The first-order valence-corrected chi connectivity index (χ1v) is 8.14. The van der Waals surface area contributed by atoms with Crippen LogP contribution in [0.2, 0.25) is 0 Å². The van der Waals surface area contributed by atoms with Crippen molar-refractivity contribution in [3.05, 3.63) is 23.3 Å². The van der Waals surface area contributed by atoms with E-state index in [1.54, 1.807) is 26.0 Å². The van der Waals surface area contributed by atoms with Crippen LogP contribution in [0.25, 0.3) is 0 Å². The highest BCUT2D eigenvalue weighted by molar-refractivity contribution is 7.89. The highest BCUT2D eigenvalue weighted by atomic mass is 32.2. The summed E-state index contributed by atoms with van der Waals surface area (Å²) in [6, 6.07) is 3.15. The Hall–Kier alpha value is -1.97. The Morgan fingerprint density at radius 2 is 1.86 bits per heavy atom. The van der Waals surface area contributed by atoms with Crippen molar-refractivity contribution in [2.45, 2.75) is 25.2 Å². The Kier molecular flexibility index (Phi) is 4.23. The second kappa shape index (κ2) is 5.67. The van der Waals surface area contributed by atoms with Crippen LogP contribution in [0, 0.1) is 19.8 Å². The Labute approximate surface area is 128 Å². The number of anilines is 1. The molecule has 5 N–H and O–H groups in total. The SMILES string of the molecule is Cc1cc(N2CC(C(=O)NN)CC2=O)cc(C)c1S(N)(=O)=O. The van der Waals surface area contributed by atoms with Crippen molar-refractivity contribution < 1.29 is 18.0 Å². The summed E-state index contributed by atoms with van der Waals surface area (Å²) in [6.45, 7) is 3.43. The molecule has 1 aliphatic heterocycles. The second-order valence-corrected chi connectivity index (χ2v) is 6.87. The molecule has 1 aromatic carbocycles. The maximum Gasteiger partial charge on any atom is 0.239 e. The largest absolute Gasteiger partial charge is 0.312 e. The normalized spacial score (nSPS) is 18.6. The minimum absolute atomic E-state index is 0.0548. The maximum atomic E-state index is 12.1. The Morgan fingerprint density at radius 3 is 2.32 bits per heavy atom. The van der Waals surface area contributed by atoms with Crippen molar-refractivity contribution in [3.8, 4) is 0 Å². The number of nitrogens with two attached hydrogens (primary N) is 2. The second-order valence-electron chi connectivity index (χ2n) is 5.37. The van der Waals surface area contributed by atoms with Gasteiger partial charge in [0.05, 0.1) is 10.8 Å². The van der Waals surface area contributed by atoms with E-state index in [0.29, 0.717) is 16.8 Å². The smallest absolute Gasteiger partial charge is 0.239 e. The average Bonchev–Trinajstić information content (AvgIpc) is 2.77. The quantitative estimate of drug-likeness (QED) is 0.383. The lowest BCUT2D eigenvalue weighted by Crippen LogP contribution is -2.37. The van der Waals surface area contributed by atoms with Crippen LogP contribution in [0.15, 0.2) is 17.0 Å². The van der Waals surface area contributed by atoms with E-state index in [2.05, 4.69) is 0 Å². The molecule has 0 saturated carbocycles. The first kappa shape index (κ1) is 16.4. The molecule has 1 saturated heterocycles. The highest BCUT2D eigenvalue weighted by Gasteiger charge is 2.35. The van der Waals surface area contributed by atoms with Gasteiger partial charge in [-0.05, 0) is 37.1 Å². The van der Waals surface area contributed by atoms with Crippen LogP contribution in [0.1, 0.15) is 17.5 Å². The monoisotopic (exact) mass is 326 g/mol. The lowest BCUT2D eigenvalue weighted by molar-refractivity contribution is -0.126. The number of primary sulfonamides is 1. The minimum atomic E-state index is -3.83. The zero-order valence-electron chi connectivity index (χ0n) is 12.3. The van der Waals surface area contributed by atoms with E-state index in [0.717, 1.165) is 0 Å². The Balaban J connectivity index is 2.39. The van der Waals surface area contributed by atoms with Gasteiger partial charge in [0, 0.05) is 18.7 Å². The molecule has 8 nitrogen and oxygen atoms in total. The molecule has 2 rings (SSSR count). The van der Waals surface area contributed by atoms with E-state index < -0.39 is 21.8 Å². The lowest BCUT2D eigenvalue weighted by atomic mass is 10.1. The van der Waals surface area contributed by atoms with Gasteiger partial charge in [0.25, 0.3) is 0 Å². The molecule has 1 atom stereocenters. The van der Waals surface area contributed by atoms with Gasteiger partial charge in [-0.3, -0.25) is 15.0 Å². The number of hydrazine groups is 1. The van der Waals surface area contributed by atoms with Crippen molar-refractivity contribution in [1.29, 1.82) is 0 Å². The number of carbonyl (C=O) groups is 2.